The number of aromatic nitrogens is 4. The number of halogens is 1. The largest absolute Gasteiger partial charge is 0.323 e. The predicted octanol–water partition coefficient (Wildman–Crippen LogP) is 2.54. The van der Waals surface area contributed by atoms with Crippen LogP contribution in [0, 0.1) is 12.7 Å². The number of nitrogens with one attached hydrogen (secondary N) is 2. The molecule has 0 atom stereocenters. The summed E-state index contributed by atoms with van der Waals surface area (Å²) in [5.41, 5.74) is 1.23. The Morgan fingerprint density at radius 2 is 2.17 bits per heavy atom. The maximum absolute atomic E-state index is 13.6. The first-order valence-electron chi connectivity index (χ1n) is 5.42. The minimum Gasteiger partial charge on any atom is -0.323 e. The van der Waals surface area contributed by atoms with E-state index in [1.807, 2.05) is 13.0 Å². The molecule has 0 aliphatic rings. The first-order valence-corrected chi connectivity index (χ1v) is 5.42. The minimum atomic E-state index is -0.365. The molecule has 0 bridgehead atoms. The number of para-hydroxylation sites is 1. The van der Waals surface area contributed by atoms with Crippen LogP contribution in [0.1, 0.15) is 5.69 Å². The van der Waals surface area contributed by atoms with Crippen LogP contribution in [-0.2, 0) is 0 Å². The Hall–Kier alpha value is -2.50. The lowest BCUT2D eigenvalue weighted by atomic mass is 10.2. The monoisotopic (exact) mass is 243 g/mol. The van der Waals surface area contributed by atoms with Crippen LogP contribution in [0.2, 0.25) is 0 Å². The van der Waals surface area contributed by atoms with Crippen molar-refractivity contribution < 1.29 is 4.39 Å². The molecule has 3 rings (SSSR count). The molecule has 0 aliphatic heterocycles. The Kier molecular flexibility index (Phi) is 2.40. The van der Waals surface area contributed by atoms with Crippen molar-refractivity contribution in [3.63, 3.8) is 0 Å². The lowest BCUT2D eigenvalue weighted by molar-refractivity contribution is 0.636. The Morgan fingerprint density at radius 1 is 1.28 bits per heavy atom. The maximum Gasteiger partial charge on any atom is 0.153 e. The van der Waals surface area contributed by atoms with Gasteiger partial charge in [0, 0.05) is 17.1 Å². The van der Waals surface area contributed by atoms with Crippen LogP contribution in [0.3, 0.4) is 0 Å². The summed E-state index contributed by atoms with van der Waals surface area (Å²) < 4.78 is 13.6. The molecule has 6 heteroatoms. The highest BCUT2D eigenvalue weighted by Gasteiger charge is 2.08. The van der Waals surface area contributed by atoms with Crippen LogP contribution >= 0.6 is 0 Å². The molecule has 5 nitrogen and oxygen atoms in total. The molecule has 2 N–H and O–H groups in total. The average Bonchev–Trinajstić information content (AvgIpc) is 2.76. The number of hydrogen-bond acceptors (Lipinski definition) is 4. The summed E-state index contributed by atoms with van der Waals surface area (Å²) in [6.45, 7) is 1.90. The summed E-state index contributed by atoms with van der Waals surface area (Å²) in [6, 6.07) is 6.60. The van der Waals surface area contributed by atoms with Gasteiger partial charge in [-0.25, -0.2) is 14.4 Å². The molecule has 0 saturated heterocycles. The molecule has 0 amide bonds. The summed E-state index contributed by atoms with van der Waals surface area (Å²) in [7, 11) is 0. The van der Waals surface area contributed by atoms with Gasteiger partial charge in [-0.2, -0.15) is 5.10 Å². The van der Waals surface area contributed by atoms with E-state index in [4.69, 9.17) is 0 Å². The van der Waals surface area contributed by atoms with Gasteiger partial charge >= 0.3 is 0 Å². The van der Waals surface area contributed by atoms with E-state index in [0.29, 0.717) is 22.5 Å². The summed E-state index contributed by atoms with van der Waals surface area (Å²) in [5, 5.41) is 10.5. The topological polar surface area (TPSA) is 66.5 Å². The van der Waals surface area contributed by atoms with Crippen molar-refractivity contribution >= 4 is 22.5 Å². The molecule has 0 unspecified atom stereocenters. The fourth-order valence-corrected chi connectivity index (χ4v) is 1.75. The predicted molar refractivity (Wildman–Crippen MR) is 66.1 cm³/mol. The molecule has 2 aromatic heterocycles. The van der Waals surface area contributed by atoms with E-state index in [1.165, 1.54) is 12.4 Å². The van der Waals surface area contributed by atoms with E-state index < -0.39 is 0 Å². The molecule has 90 valence electrons. The fourth-order valence-electron chi connectivity index (χ4n) is 1.75. The summed E-state index contributed by atoms with van der Waals surface area (Å²) >= 11 is 0. The normalized spacial score (nSPS) is 10.8. The van der Waals surface area contributed by atoms with Gasteiger partial charge in [-0.15, -0.1) is 0 Å². The van der Waals surface area contributed by atoms with Crippen LogP contribution in [0.5, 0.6) is 0 Å². The Balaban J connectivity index is 2.09. The van der Waals surface area contributed by atoms with Gasteiger partial charge in [0.15, 0.2) is 5.82 Å². The molecule has 0 spiro atoms. The van der Waals surface area contributed by atoms with E-state index in [2.05, 4.69) is 25.5 Å². The number of fused-ring (bicyclic) bond motifs is 1. The molecule has 0 fully saturated rings. The van der Waals surface area contributed by atoms with Gasteiger partial charge in [0.2, 0.25) is 0 Å². The van der Waals surface area contributed by atoms with Gasteiger partial charge in [0.05, 0.1) is 0 Å². The summed E-state index contributed by atoms with van der Waals surface area (Å²) in [4.78, 5) is 8.04. The molecule has 3 aromatic rings. The van der Waals surface area contributed by atoms with E-state index in [9.17, 15) is 4.39 Å². The van der Waals surface area contributed by atoms with Crippen molar-refractivity contribution in [3.8, 4) is 0 Å². The minimum absolute atomic E-state index is 0.294. The lowest BCUT2D eigenvalue weighted by Gasteiger charge is -2.05. The van der Waals surface area contributed by atoms with E-state index >= 15 is 0 Å². The van der Waals surface area contributed by atoms with Gasteiger partial charge in [-0.3, -0.25) is 5.10 Å². The van der Waals surface area contributed by atoms with Crippen LogP contribution in [0.4, 0.5) is 16.0 Å². The highest BCUT2D eigenvalue weighted by molar-refractivity contribution is 5.90. The first kappa shape index (κ1) is 10.6. The van der Waals surface area contributed by atoms with Crippen LogP contribution in [-0.4, -0.2) is 20.2 Å². The zero-order valence-electron chi connectivity index (χ0n) is 9.61. The number of benzene rings is 1. The molecular weight excluding hydrogens is 233 g/mol. The quantitative estimate of drug-likeness (QED) is 0.725. The maximum atomic E-state index is 13.6. The van der Waals surface area contributed by atoms with Gasteiger partial charge in [0.1, 0.15) is 23.5 Å². The first-order chi connectivity index (χ1) is 8.74. The Bertz CT molecular complexity index is 707. The van der Waals surface area contributed by atoms with Crippen molar-refractivity contribution in [1.29, 1.82) is 0 Å². The second-order valence-electron chi connectivity index (χ2n) is 3.92. The second kappa shape index (κ2) is 4.06. The highest BCUT2D eigenvalue weighted by Crippen LogP contribution is 2.23. The van der Waals surface area contributed by atoms with Gasteiger partial charge in [0.25, 0.3) is 0 Å². The zero-order chi connectivity index (χ0) is 12.5. The second-order valence-corrected chi connectivity index (χ2v) is 3.92. The molecular formula is C12H10FN5. The van der Waals surface area contributed by atoms with E-state index in [1.54, 1.807) is 12.1 Å². The SMILES string of the molecule is Cc1cc(Nc2ncnc3c(F)cccc23)n[nH]1. The Morgan fingerprint density at radius 3 is 2.94 bits per heavy atom. The van der Waals surface area contributed by atoms with E-state index in [0.717, 1.165) is 5.69 Å². The molecule has 0 radical (unpaired) electrons. The summed E-state index contributed by atoms with van der Waals surface area (Å²) in [6.07, 6.45) is 1.33. The number of aromatic amines is 1. The molecule has 0 saturated carbocycles. The van der Waals surface area contributed by atoms with Gasteiger partial charge in [-0.05, 0) is 19.1 Å². The highest BCUT2D eigenvalue weighted by atomic mass is 19.1. The molecule has 0 aliphatic carbocycles. The molecule has 1 aromatic carbocycles. The van der Waals surface area contributed by atoms with Crippen LogP contribution < -0.4 is 5.32 Å². The summed E-state index contributed by atoms with van der Waals surface area (Å²) in [5.74, 6) is 0.805. The molecule has 2 heterocycles. The van der Waals surface area contributed by atoms with E-state index in [-0.39, 0.29) is 5.82 Å². The van der Waals surface area contributed by atoms with Crippen LogP contribution in [0.15, 0.2) is 30.6 Å². The average molecular weight is 243 g/mol. The number of H-pyrrole nitrogens is 1. The van der Waals surface area contributed by atoms with Crippen molar-refractivity contribution in [2.75, 3.05) is 5.32 Å². The van der Waals surface area contributed by atoms with Crippen molar-refractivity contribution in [1.82, 2.24) is 20.2 Å². The molecule has 18 heavy (non-hydrogen) atoms. The zero-order valence-corrected chi connectivity index (χ0v) is 9.61. The third-order valence-corrected chi connectivity index (χ3v) is 2.57. The number of anilines is 2. The standard InChI is InChI=1S/C12H10FN5/c1-7-5-10(18-17-7)16-12-8-3-2-4-9(13)11(8)14-6-15-12/h2-6H,1H3,(H2,14,15,16,17,18). The Labute approximate surface area is 102 Å². The van der Waals surface area contributed by atoms with Crippen molar-refractivity contribution in [3.05, 3.63) is 42.1 Å². The van der Waals surface area contributed by atoms with Crippen molar-refractivity contribution in [2.45, 2.75) is 6.92 Å². The number of nitrogens with zero attached hydrogens (tertiary/aromatic N) is 3. The lowest BCUT2D eigenvalue weighted by Crippen LogP contribution is -1.97. The smallest absolute Gasteiger partial charge is 0.153 e. The number of rotatable bonds is 2. The third-order valence-electron chi connectivity index (χ3n) is 2.57. The number of aryl methyl sites for hydroxylation is 1. The fraction of sp³-hybridized carbons (Fsp3) is 0.0833. The third kappa shape index (κ3) is 1.77. The van der Waals surface area contributed by atoms with Gasteiger partial charge in [-0.1, -0.05) is 6.07 Å². The number of hydrogen-bond donors (Lipinski definition) is 2. The van der Waals surface area contributed by atoms with Crippen molar-refractivity contribution in [2.24, 2.45) is 0 Å². The van der Waals surface area contributed by atoms with Gasteiger partial charge < -0.3 is 5.32 Å². The van der Waals surface area contributed by atoms with Crippen LogP contribution in [0.25, 0.3) is 10.9 Å².